The maximum absolute atomic E-state index is 11.2. The minimum atomic E-state index is -2.89. The SMILES string of the molecule is C[I-]Oc1cc(N2CCN(CCS(C)(=O)=O)CC2)ccc1N. The Kier molecular flexibility index (Phi) is 6.16. The molecule has 0 bridgehead atoms. The van der Waals surface area contributed by atoms with E-state index < -0.39 is 9.84 Å². The number of halogens is 1. The number of piperazine rings is 1. The summed E-state index contributed by atoms with van der Waals surface area (Å²) >= 11 is -0.307. The van der Waals surface area contributed by atoms with Crippen molar-refractivity contribution in [2.75, 3.05) is 60.3 Å². The van der Waals surface area contributed by atoms with Crippen LogP contribution >= 0.6 is 0 Å². The Hall–Kier alpha value is -0.740. The topological polar surface area (TPSA) is 75.9 Å². The number of anilines is 2. The van der Waals surface area contributed by atoms with Gasteiger partial charge in [-0.1, -0.05) is 0 Å². The summed E-state index contributed by atoms with van der Waals surface area (Å²) in [6.45, 7) is 4.12. The van der Waals surface area contributed by atoms with Crippen LogP contribution in [0, 0.1) is 0 Å². The predicted octanol–water partition coefficient (Wildman–Crippen LogP) is -2.55. The Labute approximate surface area is 143 Å². The molecule has 0 unspecified atom stereocenters. The van der Waals surface area contributed by atoms with E-state index in [0.717, 1.165) is 37.6 Å². The summed E-state index contributed by atoms with van der Waals surface area (Å²) in [5, 5.41) is 0. The van der Waals surface area contributed by atoms with Crippen molar-refractivity contribution in [3.63, 3.8) is 0 Å². The van der Waals surface area contributed by atoms with Crippen LogP contribution in [0.2, 0.25) is 0 Å². The van der Waals surface area contributed by atoms with Crippen molar-refractivity contribution >= 4 is 21.2 Å². The number of nitrogens with zero attached hydrogens (tertiary/aromatic N) is 2. The van der Waals surface area contributed by atoms with E-state index in [4.69, 9.17) is 8.80 Å². The molecule has 1 aliphatic rings. The second kappa shape index (κ2) is 7.69. The molecule has 22 heavy (non-hydrogen) atoms. The van der Waals surface area contributed by atoms with E-state index in [1.54, 1.807) is 0 Å². The predicted molar refractivity (Wildman–Crippen MR) is 85.8 cm³/mol. The summed E-state index contributed by atoms with van der Waals surface area (Å²) in [6.07, 6.45) is 1.29. The Morgan fingerprint density at radius 2 is 1.95 bits per heavy atom. The zero-order valence-corrected chi connectivity index (χ0v) is 15.9. The van der Waals surface area contributed by atoms with Crippen molar-refractivity contribution < 1.29 is 33.1 Å². The Morgan fingerprint density at radius 1 is 1.27 bits per heavy atom. The standard InChI is InChI=1S/C14H23IN3O3S/c1-15-21-14-11-12(3-4-13(14)16)18-7-5-17(6-8-18)9-10-22(2,19)20/h3-4,11H,5-10,16H2,1-2H3/q-1. The molecule has 1 saturated heterocycles. The number of nitrogens with two attached hydrogens (primary N) is 1. The molecule has 0 aromatic heterocycles. The van der Waals surface area contributed by atoms with Crippen LogP contribution in [0.5, 0.6) is 5.75 Å². The third-order valence-electron chi connectivity index (χ3n) is 3.67. The molecule has 0 aliphatic carbocycles. The van der Waals surface area contributed by atoms with E-state index in [1.807, 2.05) is 23.1 Å². The van der Waals surface area contributed by atoms with Gasteiger partial charge in [-0.3, -0.25) is 0 Å². The molecule has 1 aromatic carbocycles. The van der Waals surface area contributed by atoms with Gasteiger partial charge >= 0.3 is 143 Å². The molecule has 2 N–H and O–H groups in total. The average Bonchev–Trinajstić information content (AvgIpc) is 2.47. The van der Waals surface area contributed by atoms with E-state index in [9.17, 15) is 8.42 Å². The second-order valence-electron chi connectivity index (χ2n) is 5.41. The van der Waals surface area contributed by atoms with Crippen LogP contribution in [0.4, 0.5) is 11.4 Å². The van der Waals surface area contributed by atoms with Gasteiger partial charge in [-0.25, -0.2) is 0 Å². The van der Waals surface area contributed by atoms with Crippen molar-refractivity contribution in [3.05, 3.63) is 18.2 Å². The average molecular weight is 440 g/mol. The van der Waals surface area contributed by atoms with Gasteiger partial charge in [0.1, 0.15) is 0 Å². The number of rotatable bonds is 6. The van der Waals surface area contributed by atoms with Gasteiger partial charge in [-0.05, 0) is 0 Å². The molecule has 1 aliphatic heterocycles. The summed E-state index contributed by atoms with van der Waals surface area (Å²) in [5.41, 5.74) is 7.71. The third-order valence-corrected chi connectivity index (χ3v) is 5.51. The molecular weight excluding hydrogens is 417 g/mol. The van der Waals surface area contributed by atoms with E-state index in [1.165, 1.54) is 6.26 Å². The first-order valence-electron chi connectivity index (χ1n) is 7.10. The quantitative estimate of drug-likeness (QED) is 0.298. The van der Waals surface area contributed by atoms with Gasteiger partial charge in [-0.15, -0.1) is 0 Å². The van der Waals surface area contributed by atoms with Gasteiger partial charge in [0.15, 0.2) is 0 Å². The van der Waals surface area contributed by atoms with E-state index in [0.29, 0.717) is 12.2 Å². The molecule has 0 amide bonds. The van der Waals surface area contributed by atoms with Crippen molar-refractivity contribution in [1.82, 2.24) is 4.90 Å². The number of nitrogen functional groups attached to an aromatic ring is 1. The molecule has 1 aromatic rings. The van der Waals surface area contributed by atoms with E-state index >= 15 is 0 Å². The Morgan fingerprint density at radius 3 is 2.55 bits per heavy atom. The summed E-state index contributed by atoms with van der Waals surface area (Å²) in [7, 11) is -2.89. The minimum absolute atomic E-state index is 0.229. The fourth-order valence-corrected chi connectivity index (χ4v) is 3.84. The Bertz CT molecular complexity index is 601. The van der Waals surface area contributed by atoms with Crippen LogP contribution in [0.1, 0.15) is 0 Å². The van der Waals surface area contributed by atoms with Crippen LogP contribution in [0.25, 0.3) is 0 Å². The molecule has 8 heteroatoms. The van der Waals surface area contributed by atoms with Crippen LogP contribution in [-0.2, 0) is 9.84 Å². The van der Waals surface area contributed by atoms with Gasteiger partial charge in [0.25, 0.3) is 0 Å². The first kappa shape index (κ1) is 17.6. The zero-order chi connectivity index (χ0) is 16.2. The zero-order valence-electron chi connectivity index (χ0n) is 13.0. The first-order valence-corrected chi connectivity index (χ1v) is 12.2. The molecular formula is C14H23IN3O3S-. The molecule has 0 radical (unpaired) electrons. The third kappa shape index (κ3) is 5.17. The second-order valence-corrected chi connectivity index (χ2v) is 8.99. The van der Waals surface area contributed by atoms with E-state index in [-0.39, 0.29) is 27.4 Å². The molecule has 126 valence electrons. The molecule has 1 heterocycles. The van der Waals surface area contributed by atoms with Crippen LogP contribution in [0.3, 0.4) is 0 Å². The van der Waals surface area contributed by atoms with Gasteiger partial charge < -0.3 is 0 Å². The summed E-state index contributed by atoms with van der Waals surface area (Å²) in [5.74, 6) is 1.000. The van der Waals surface area contributed by atoms with Crippen molar-refractivity contribution in [1.29, 1.82) is 0 Å². The number of hydrogen-bond donors (Lipinski definition) is 1. The molecule has 6 nitrogen and oxygen atoms in total. The first-order chi connectivity index (χ1) is 10.4. The van der Waals surface area contributed by atoms with Crippen molar-refractivity contribution in [2.45, 2.75) is 0 Å². The van der Waals surface area contributed by atoms with Gasteiger partial charge in [0, 0.05) is 0 Å². The number of benzene rings is 1. The number of hydrogen-bond acceptors (Lipinski definition) is 6. The number of sulfone groups is 1. The fraction of sp³-hybridized carbons (Fsp3) is 0.571. The van der Waals surface area contributed by atoms with Crippen LogP contribution in [0.15, 0.2) is 18.2 Å². The molecule has 1 fully saturated rings. The van der Waals surface area contributed by atoms with Crippen molar-refractivity contribution in [3.8, 4) is 5.75 Å². The normalized spacial score (nSPS) is 16.9. The summed E-state index contributed by atoms with van der Waals surface area (Å²) in [6, 6.07) is 5.91. The monoisotopic (exact) mass is 440 g/mol. The van der Waals surface area contributed by atoms with Crippen LogP contribution < -0.4 is 35.3 Å². The summed E-state index contributed by atoms with van der Waals surface area (Å²) in [4.78, 5) is 6.53. The number of alkyl halides is 1. The molecule has 0 atom stereocenters. The molecule has 0 spiro atoms. The van der Waals surface area contributed by atoms with Crippen molar-refractivity contribution in [2.24, 2.45) is 0 Å². The van der Waals surface area contributed by atoms with Crippen LogP contribution in [-0.4, -0.2) is 63.0 Å². The fourth-order valence-electron chi connectivity index (χ4n) is 2.39. The Balaban J connectivity index is 1.92. The van der Waals surface area contributed by atoms with E-state index in [2.05, 4.69) is 9.80 Å². The van der Waals surface area contributed by atoms with Gasteiger partial charge in [-0.2, -0.15) is 0 Å². The van der Waals surface area contributed by atoms with Gasteiger partial charge in [0.2, 0.25) is 0 Å². The molecule has 0 saturated carbocycles. The van der Waals surface area contributed by atoms with Gasteiger partial charge in [0.05, 0.1) is 0 Å². The summed E-state index contributed by atoms with van der Waals surface area (Å²) < 4.78 is 28.1. The molecule has 2 rings (SSSR count). The maximum atomic E-state index is 11.2.